The van der Waals surface area contributed by atoms with Crippen LogP contribution in [-0.4, -0.2) is 42.6 Å². The molecule has 7 nitrogen and oxygen atoms in total. The molecule has 7 heteroatoms. The minimum atomic E-state index is -1.20. The summed E-state index contributed by atoms with van der Waals surface area (Å²) < 4.78 is 29.0. The van der Waals surface area contributed by atoms with E-state index in [1.54, 1.807) is 6.08 Å². The van der Waals surface area contributed by atoms with Crippen molar-refractivity contribution in [2.75, 3.05) is 6.61 Å². The predicted octanol–water partition coefficient (Wildman–Crippen LogP) is 3.56. The molecular weight excluding hydrogens is 412 g/mol. The molecule has 1 saturated heterocycles. The second-order valence-corrected chi connectivity index (χ2v) is 7.52. The first-order chi connectivity index (χ1) is 15.4. The van der Waals surface area contributed by atoms with E-state index in [0.29, 0.717) is 6.61 Å². The lowest BCUT2D eigenvalue weighted by molar-refractivity contribution is -0.204. The molecule has 1 aliphatic rings. The molecule has 0 N–H and O–H groups in total. The van der Waals surface area contributed by atoms with Crippen molar-refractivity contribution in [2.24, 2.45) is 0 Å². The maximum atomic E-state index is 11.8. The standard InChI is InChI=1S/C25H28O7/c1-4-25(17-28-15-20-11-7-5-8-12-20)23(29-16-21-13-9-6-10-14-21)22(30-18(2)26)24(32-25)31-19(3)27/h4-14,22-24H,1,15-17H2,2-3H3/t22-,23-,24?,25+/m0/s1. The Kier molecular flexibility index (Phi) is 8.16. The van der Waals surface area contributed by atoms with Gasteiger partial charge in [0.2, 0.25) is 6.29 Å². The molecule has 0 spiro atoms. The van der Waals surface area contributed by atoms with Gasteiger partial charge >= 0.3 is 11.9 Å². The minimum Gasteiger partial charge on any atom is -0.453 e. The van der Waals surface area contributed by atoms with Crippen molar-refractivity contribution >= 4 is 11.9 Å². The second kappa shape index (κ2) is 11.0. The molecule has 4 atom stereocenters. The summed E-state index contributed by atoms with van der Waals surface area (Å²) in [4.78, 5) is 23.5. The van der Waals surface area contributed by atoms with Crippen molar-refractivity contribution in [3.05, 3.63) is 84.4 Å². The molecule has 170 valence electrons. The highest BCUT2D eigenvalue weighted by Crippen LogP contribution is 2.38. The molecule has 3 rings (SSSR count). The van der Waals surface area contributed by atoms with E-state index in [2.05, 4.69) is 6.58 Å². The molecule has 2 aromatic rings. The van der Waals surface area contributed by atoms with Crippen LogP contribution < -0.4 is 0 Å². The number of esters is 2. The van der Waals surface area contributed by atoms with E-state index in [1.165, 1.54) is 13.8 Å². The van der Waals surface area contributed by atoms with Crippen molar-refractivity contribution in [3.8, 4) is 0 Å². The first-order valence-corrected chi connectivity index (χ1v) is 10.4. The van der Waals surface area contributed by atoms with E-state index in [4.69, 9.17) is 23.7 Å². The first-order valence-electron chi connectivity index (χ1n) is 10.4. The summed E-state index contributed by atoms with van der Waals surface area (Å²) in [5.74, 6) is -1.12. The average Bonchev–Trinajstić information content (AvgIpc) is 3.05. The zero-order chi connectivity index (χ0) is 23.0. The van der Waals surface area contributed by atoms with E-state index in [1.807, 2.05) is 60.7 Å². The smallest absolute Gasteiger partial charge is 0.305 e. The third-order valence-electron chi connectivity index (χ3n) is 5.03. The normalized spacial score (nSPS) is 24.6. The fourth-order valence-electron chi connectivity index (χ4n) is 3.57. The Labute approximate surface area is 187 Å². The third-order valence-corrected chi connectivity index (χ3v) is 5.03. The van der Waals surface area contributed by atoms with E-state index < -0.39 is 36.0 Å². The van der Waals surface area contributed by atoms with E-state index >= 15 is 0 Å². The molecule has 0 saturated carbocycles. The van der Waals surface area contributed by atoms with Crippen LogP contribution in [0.2, 0.25) is 0 Å². The lowest BCUT2D eigenvalue weighted by atomic mass is 9.95. The van der Waals surface area contributed by atoms with Crippen LogP contribution in [0.3, 0.4) is 0 Å². The Balaban J connectivity index is 1.83. The molecule has 0 radical (unpaired) electrons. The third kappa shape index (κ3) is 6.03. The summed E-state index contributed by atoms with van der Waals surface area (Å²) in [6, 6.07) is 19.2. The van der Waals surface area contributed by atoms with Crippen molar-refractivity contribution in [3.63, 3.8) is 0 Å². The quantitative estimate of drug-likeness (QED) is 0.413. The summed E-state index contributed by atoms with van der Waals surface area (Å²) in [5.41, 5.74) is 0.705. The molecule has 0 aromatic heterocycles. The summed E-state index contributed by atoms with van der Waals surface area (Å²) in [5, 5.41) is 0. The van der Waals surface area contributed by atoms with Crippen LogP contribution in [0.25, 0.3) is 0 Å². The number of benzene rings is 2. The van der Waals surface area contributed by atoms with Gasteiger partial charge in [0.1, 0.15) is 11.7 Å². The molecule has 0 bridgehead atoms. The van der Waals surface area contributed by atoms with Crippen molar-refractivity contribution in [1.82, 2.24) is 0 Å². The van der Waals surface area contributed by atoms with Crippen LogP contribution in [0.1, 0.15) is 25.0 Å². The van der Waals surface area contributed by atoms with Gasteiger partial charge in [0, 0.05) is 13.8 Å². The lowest BCUT2D eigenvalue weighted by Gasteiger charge is -2.31. The predicted molar refractivity (Wildman–Crippen MR) is 116 cm³/mol. The van der Waals surface area contributed by atoms with Crippen LogP contribution in [0.4, 0.5) is 0 Å². The van der Waals surface area contributed by atoms with Crippen molar-refractivity contribution < 1.29 is 33.3 Å². The topological polar surface area (TPSA) is 80.3 Å². The second-order valence-electron chi connectivity index (χ2n) is 7.52. The summed E-state index contributed by atoms with van der Waals surface area (Å²) in [6.07, 6.45) is -1.41. The van der Waals surface area contributed by atoms with Crippen LogP contribution in [0.15, 0.2) is 73.3 Å². The van der Waals surface area contributed by atoms with Gasteiger partial charge in [0.25, 0.3) is 0 Å². The largest absolute Gasteiger partial charge is 0.453 e. The monoisotopic (exact) mass is 440 g/mol. The van der Waals surface area contributed by atoms with Crippen molar-refractivity contribution in [1.29, 1.82) is 0 Å². The molecular formula is C25H28O7. The van der Waals surface area contributed by atoms with Gasteiger partial charge in [-0.25, -0.2) is 0 Å². The molecule has 1 fully saturated rings. The number of carbonyl (C=O) groups excluding carboxylic acids is 2. The molecule has 32 heavy (non-hydrogen) atoms. The van der Waals surface area contributed by atoms with E-state index in [9.17, 15) is 9.59 Å². The summed E-state index contributed by atoms with van der Waals surface area (Å²) in [7, 11) is 0. The number of hydrogen-bond donors (Lipinski definition) is 0. The Morgan fingerprint density at radius 2 is 1.50 bits per heavy atom. The van der Waals surface area contributed by atoms with Crippen LogP contribution >= 0.6 is 0 Å². The van der Waals surface area contributed by atoms with E-state index in [0.717, 1.165) is 11.1 Å². The molecule has 1 unspecified atom stereocenters. The molecule has 1 aliphatic heterocycles. The Hall–Kier alpha value is -3.00. The van der Waals surface area contributed by atoms with Crippen LogP contribution in [0, 0.1) is 0 Å². The average molecular weight is 440 g/mol. The van der Waals surface area contributed by atoms with Crippen molar-refractivity contribution in [2.45, 2.75) is 51.2 Å². The Morgan fingerprint density at radius 1 is 0.938 bits per heavy atom. The number of rotatable bonds is 10. The van der Waals surface area contributed by atoms with Gasteiger partial charge in [-0.15, -0.1) is 6.58 Å². The number of ether oxygens (including phenoxy) is 5. The SMILES string of the molecule is C=C[C@]1(COCc2ccccc2)OC(OC(C)=O)[C@@H](OC(C)=O)[C@@H]1OCc1ccccc1. The number of carbonyl (C=O) groups is 2. The van der Waals surface area contributed by atoms with Gasteiger partial charge in [-0.3, -0.25) is 9.59 Å². The zero-order valence-electron chi connectivity index (χ0n) is 18.3. The maximum absolute atomic E-state index is 11.8. The summed E-state index contributed by atoms with van der Waals surface area (Å²) in [6.45, 7) is 7.06. The molecule has 0 aliphatic carbocycles. The van der Waals surface area contributed by atoms with Gasteiger partial charge in [-0.2, -0.15) is 0 Å². The highest BCUT2D eigenvalue weighted by molar-refractivity contribution is 5.67. The highest BCUT2D eigenvalue weighted by Gasteiger charge is 2.58. The van der Waals surface area contributed by atoms with Gasteiger partial charge in [0.05, 0.1) is 19.8 Å². The fourth-order valence-corrected chi connectivity index (χ4v) is 3.57. The van der Waals surface area contributed by atoms with Gasteiger partial charge < -0.3 is 23.7 Å². The molecule has 1 heterocycles. The minimum absolute atomic E-state index is 0.0559. The zero-order valence-corrected chi connectivity index (χ0v) is 18.3. The first kappa shape index (κ1) is 23.7. The van der Waals surface area contributed by atoms with Crippen LogP contribution in [0.5, 0.6) is 0 Å². The molecule has 2 aromatic carbocycles. The van der Waals surface area contributed by atoms with Gasteiger partial charge in [-0.1, -0.05) is 66.7 Å². The maximum Gasteiger partial charge on any atom is 0.305 e. The lowest BCUT2D eigenvalue weighted by Crippen LogP contribution is -2.48. The van der Waals surface area contributed by atoms with Crippen LogP contribution in [-0.2, 0) is 46.5 Å². The molecule has 0 amide bonds. The fraction of sp³-hybridized carbons (Fsp3) is 0.360. The Bertz CT molecular complexity index is 899. The highest BCUT2D eigenvalue weighted by atomic mass is 16.8. The van der Waals surface area contributed by atoms with Gasteiger partial charge in [0.15, 0.2) is 6.10 Å². The summed E-state index contributed by atoms with van der Waals surface area (Å²) >= 11 is 0. The van der Waals surface area contributed by atoms with E-state index in [-0.39, 0.29) is 13.2 Å². The Morgan fingerprint density at radius 3 is 2.03 bits per heavy atom. The number of hydrogen-bond acceptors (Lipinski definition) is 7. The van der Waals surface area contributed by atoms with Gasteiger partial charge in [-0.05, 0) is 11.1 Å².